The number of benzene rings is 1. The minimum Gasteiger partial charge on any atom is -0.327 e. The van der Waals surface area contributed by atoms with Gasteiger partial charge < -0.3 is 5.73 Å². The van der Waals surface area contributed by atoms with Crippen molar-refractivity contribution in [3.63, 3.8) is 0 Å². The number of carbonyl (C=O) groups is 1. The van der Waals surface area contributed by atoms with E-state index in [1.807, 2.05) is 20.8 Å². The summed E-state index contributed by atoms with van der Waals surface area (Å²) in [6.07, 6.45) is 0.243. The predicted molar refractivity (Wildman–Crippen MR) is 62.8 cm³/mol. The maximum atomic E-state index is 12.9. The fraction of sp³-hybridized carbons (Fsp3) is 0.462. The van der Waals surface area contributed by atoms with Crippen LogP contribution in [0.2, 0.25) is 0 Å². The molecule has 0 spiro atoms. The SMILES string of the molecule is CC(C)(C)C(N)CC(=O)c1cccc(F)c1. The van der Waals surface area contributed by atoms with Gasteiger partial charge in [0, 0.05) is 18.0 Å². The number of halogens is 1. The number of nitrogens with two attached hydrogens (primary N) is 1. The lowest BCUT2D eigenvalue weighted by molar-refractivity contribution is 0.0953. The van der Waals surface area contributed by atoms with Gasteiger partial charge in [-0.15, -0.1) is 0 Å². The molecule has 3 heteroatoms. The van der Waals surface area contributed by atoms with Crippen LogP contribution in [-0.2, 0) is 0 Å². The van der Waals surface area contributed by atoms with Crippen molar-refractivity contribution in [2.24, 2.45) is 11.1 Å². The molecule has 2 nitrogen and oxygen atoms in total. The molecular formula is C13H18FNO. The smallest absolute Gasteiger partial charge is 0.164 e. The van der Waals surface area contributed by atoms with E-state index in [2.05, 4.69) is 0 Å². The monoisotopic (exact) mass is 223 g/mol. The number of Topliss-reactive ketones (excluding diaryl/α,β-unsaturated/α-hetero) is 1. The number of carbonyl (C=O) groups excluding carboxylic acids is 1. The first-order valence-electron chi connectivity index (χ1n) is 5.35. The Hall–Kier alpha value is -1.22. The van der Waals surface area contributed by atoms with E-state index in [1.165, 1.54) is 18.2 Å². The fourth-order valence-electron chi connectivity index (χ4n) is 1.29. The van der Waals surface area contributed by atoms with Gasteiger partial charge in [0.25, 0.3) is 0 Å². The molecule has 0 aliphatic heterocycles. The van der Waals surface area contributed by atoms with Crippen molar-refractivity contribution < 1.29 is 9.18 Å². The van der Waals surface area contributed by atoms with E-state index >= 15 is 0 Å². The van der Waals surface area contributed by atoms with Gasteiger partial charge >= 0.3 is 0 Å². The lowest BCUT2D eigenvalue weighted by Gasteiger charge is -2.26. The highest BCUT2D eigenvalue weighted by molar-refractivity contribution is 5.96. The molecular weight excluding hydrogens is 205 g/mol. The third-order valence-corrected chi connectivity index (χ3v) is 2.66. The molecule has 0 bridgehead atoms. The third-order valence-electron chi connectivity index (χ3n) is 2.66. The topological polar surface area (TPSA) is 43.1 Å². The van der Waals surface area contributed by atoms with Crippen molar-refractivity contribution in [1.29, 1.82) is 0 Å². The fourth-order valence-corrected chi connectivity index (χ4v) is 1.29. The lowest BCUT2D eigenvalue weighted by atomic mass is 9.84. The Bertz CT molecular complexity index is 382. The minimum absolute atomic E-state index is 0.109. The Balaban J connectivity index is 2.74. The largest absolute Gasteiger partial charge is 0.327 e. The average molecular weight is 223 g/mol. The lowest BCUT2D eigenvalue weighted by Crippen LogP contribution is -2.36. The number of hydrogen-bond donors (Lipinski definition) is 1. The first-order valence-corrected chi connectivity index (χ1v) is 5.35. The molecule has 0 amide bonds. The molecule has 0 aromatic heterocycles. The molecule has 1 aromatic carbocycles. The average Bonchev–Trinajstić information content (AvgIpc) is 2.16. The molecule has 0 heterocycles. The quantitative estimate of drug-likeness (QED) is 0.801. The van der Waals surface area contributed by atoms with Crippen LogP contribution in [0.5, 0.6) is 0 Å². The maximum absolute atomic E-state index is 12.9. The van der Waals surface area contributed by atoms with Crippen LogP contribution in [-0.4, -0.2) is 11.8 Å². The summed E-state index contributed by atoms with van der Waals surface area (Å²) in [5, 5.41) is 0. The predicted octanol–water partition coefficient (Wildman–Crippen LogP) is 2.77. The van der Waals surface area contributed by atoms with E-state index in [-0.39, 0.29) is 23.7 Å². The van der Waals surface area contributed by atoms with Crippen LogP contribution < -0.4 is 5.73 Å². The van der Waals surface area contributed by atoms with Crippen molar-refractivity contribution in [2.75, 3.05) is 0 Å². The highest BCUT2D eigenvalue weighted by Gasteiger charge is 2.23. The molecule has 2 N–H and O–H groups in total. The van der Waals surface area contributed by atoms with Crippen molar-refractivity contribution >= 4 is 5.78 Å². The summed E-state index contributed by atoms with van der Waals surface area (Å²) in [5.41, 5.74) is 6.18. The van der Waals surface area contributed by atoms with Crippen LogP contribution in [0.25, 0.3) is 0 Å². The van der Waals surface area contributed by atoms with Gasteiger partial charge in [-0.05, 0) is 17.5 Å². The van der Waals surface area contributed by atoms with E-state index in [9.17, 15) is 9.18 Å². The van der Waals surface area contributed by atoms with Gasteiger partial charge in [0.1, 0.15) is 5.82 Å². The first-order chi connectivity index (χ1) is 7.30. The minimum atomic E-state index is -0.393. The van der Waals surface area contributed by atoms with E-state index < -0.39 is 5.82 Å². The third kappa shape index (κ3) is 3.42. The second-order valence-corrected chi connectivity index (χ2v) is 5.11. The standard InChI is InChI=1S/C13H18FNO/c1-13(2,3)12(15)8-11(16)9-5-4-6-10(14)7-9/h4-7,12H,8,15H2,1-3H3. The van der Waals surface area contributed by atoms with Gasteiger partial charge in [0.05, 0.1) is 0 Å². The van der Waals surface area contributed by atoms with E-state index in [0.29, 0.717) is 5.56 Å². The Morgan fingerprint density at radius 1 is 1.44 bits per heavy atom. The summed E-state index contributed by atoms with van der Waals surface area (Å²) in [4.78, 5) is 11.8. The Kier molecular flexibility index (Phi) is 3.81. The van der Waals surface area contributed by atoms with Gasteiger partial charge in [-0.3, -0.25) is 4.79 Å². The van der Waals surface area contributed by atoms with Crippen LogP contribution in [0.15, 0.2) is 24.3 Å². The first kappa shape index (κ1) is 12.8. The summed E-state index contributed by atoms with van der Waals surface area (Å²) in [7, 11) is 0. The summed E-state index contributed by atoms with van der Waals surface area (Å²) in [5.74, 6) is -0.503. The zero-order chi connectivity index (χ0) is 12.3. The molecule has 0 fully saturated rings. The molecule has 0 saturated heterocycles. The molecule has 1 aromatic rings. The maximum Gasteiger partial charge on any atom is 0.164 e. The molecule has 0 aliphatic carbocycles. The molecule has 0 radical (unpaired) electrons. The van der Waals surface area contributed by atoms with Crippen LogP contribution >= 0.6 is 0 Å². The normalized spacial score (nSPS) is 13.6. The Labute approximate surface area is 95.7 Å². The number of rotatable bonds is 3. The molecule has 0 saturated carbocycles. The van der Waals surface area contributed by atoms with E-state index in [4.69, 9.17) is 5.73 Å². The van der Waals surface area contributed by atoms with Gasteiger partial charge in [0.15, 0.2) is 5.78 Å². The second-order valence-electron chi connectivity index (χ2n) is 5.11. The molecule has 1 rings (SSSR count). The van der Waals surface area contributed by atoms with Crippen LogP contribution in [0.1, 0.15) is 37.6 Å². The molecule has 0 aliphatic rings. The van der Waals surface area contributed by atoms with Gasteiger partial charge in [0.2, 0.25) is 0 Å². The van der Waals surface area contributed by atoms with Crippen molar-refractivity contribution in [3.8, 4) is 0 Å². The Morgan fingerprint density at radius 2 is 2.06 bits per heavy atom. The van der Waals surface area contributed by atoms with Crippen molar-refractivity contribution in [1.82, 2.24) is 0 Å². The zero-order valence-corrected chi connectivity index (χ0v) is 9.96. The summed E-state index contributed by atoms with van der Waals surface area (Å²) in [6, 6.07) is 5.49. The van der Waals surface area contributed by atoms with Gasteiger partial charge in [-0.2, -0.15) is 0 Å². The highest BCUT2D eigenvalue weighted by atomic mass is 19.1. The van der Waals surface area contributed by atoms with Crippen LogP contribution in [0.3, 0.4) is 0 Å². The number of ketones is 1. The van der Waals surface area contributed by atoms with Crippen LogP contribution in [0, 0.1) is 11.2 Å². The zero-order valence-electron chi connectivity index (χ0n) is 9.96. The van der Waals surface area contributed by atoms with Gasteiger partial charge in [-0.1, -0.05) is 32.9 Å². The van der Waals surface area contributed by atoms with E-state index in [0.717, 1.165) is 0 Å². The second kappa shape index (κ2) is 4.74. The van der Waals surface area contributed by atoms with Crippen molar-refractivity contribution in [3.05, 3.63) is 35.6 Å². The molecule has 1 atom stereocenters. The van der Waals surface area contributed by atoms with Crippen LogP contribution in [0.4, 0.5) is 4.39 Å². The summed E-state index contributed by atoms with van der Waals surface area (Å²) >= 11 is 0. The molecule has 16 heavy (non-hydrogen) atoms. The Morgan fingerprint density at radius 3 is 2.56 bits per heavy atom. The van der Waals surface area contributed by atoms with Crippen molar-refractivity contribution in [2.45, 2.75) is 33.2 Å². The number of hydrogen-bond acceptors (Lipinski definition) is 2. The van der Waals surface area contributed by atoms with E-state index in [1.54, 1.807) is 6.07 Å². The van der Waals surface area contributed by atoms with Gasteiger partial charge in [-0.25, -0.2) is 4.39 Å². The summed E-state index contributed by atoms with van der Waals surface area (Å²) < 4.78 is 12.9. The molecule has 88 valence electrons. The highest BCUT2D eigenvalue weighted by Crippen LogP contribution is 2.21. The molecule has 1 unspecified atom stereocenters. The summed E-state index contributed by atoms with van der Waals surface area (Å²) in [6.45, 7) is 5.95.